The van der Waals surface area contributed by atoms with Crippen molar-refractivity contribution < 1.29 is 23.9 Å². The highest BCUT2D eigenvalue weighted by molar-refractivity contribution is 5.94. The van der Waals surface area contributed by atoms with Gasteiger partial charge in [0.1, 0.15) is 17.0 Å². The first-order chi connectivity index (χ1) is 8.89. The van der Waals surface area contributed by atoms with Gasteiger partial charge in [-0.25, -0.2) is 14.5 Å². The van der Waals surface area contributed by atoms with Crippen LogP contribution in [-0.2, 0) is 14.3 Å². The standard InChI is InChI=1S/C14H23NO5/c1-13(2,3)19-11(17)15(9-7-10(16)8-9)12(18)20-14(4,5)6/h9H,7-8H2,1-6H3. The van der Waals surface area contributed by atoms with Gasteiger partial charge < -0.3 is 9.47 Å². The largest absolute Gasteiger partial charge is 0.443 e. The smallest absolute Gasteiger partial charge is 0.420 e. The molecule has 20 heavy (non-hydrogen) atoms. The number of ether oxygens (including phenoxy) is 2. The summed E-state index contributed by atoms with van der Waals surface area (Å²) in [5.74, 6) is 0.0205. The van der Waals surface area contributed by atoms with E-state index in [1.165, 1.54) is 0 Å². The molecular formula is C14H23NO5. The number of imide groups is 1. The fourth-order valence-corrected chi connectivity index (χ4v) is 1.64. The first-order valence-corrected chi connectivity index (χ1v) is 6.66. The maximum atomic E-state index is 12.1. The Labute approximate surface area is 119 Å². The van der Waals surface area contributed by atoms with Gasteiger partial charge in [0.05, 0.1) is 6.04 Å². The number of hydrogen-bond donors (Lipinski definition) is 0. The van der Waals surface area contributed by atoms with Crippen molar-refractivity contribution in [2.45, 2.75) is 71.6 Å². The number of carbonyl (C=O) groups excluding carboxylic acids is 3. The predicted octanol–water partition coefficient (Wildman–Crippen LogP) is 2.89. The Hall–Kier alpha value is -1.59. The molecule has 6 heteroatoms. The van der Waals surface area contributed by atoms with E-state index in [9.17, 15) is 14.4 Å². The van der Waals surface area contributed by atoms with Crippen molar-refractivity contribution in [1.29, 1.82) is 0 Å². The molecule has 1 aliphatic carbocycles. The van der Waals surface area contributed by atoms with E-state index in [1.54, 1.807) is 41.5 Å². The van der Waals surface area contributed by atoms with Crippen LogP contribution in [-0.4, -0.2) is 40.1 Å². The number of ketones is 1. The minimum Gasteiger partial charge on any atom is -0.443 e. The van der Waals surface area contributed by atoms with Gasteiger partial charge in [-0.2, -0.15) is 0 Å². The van der Waals surface area contributed by atoms with Crippen LogP contribution < -0.4 is 0 Å². The Morgan fingerprint density at radius 1 is 0.950 bits per heavy atom. The SMILES string of the molecule is CC(C)(C)OC(=O)N(C(=O)OC(C)(C)C)C1CC(=O)C1. The number of nitrogens with zero attached hydrogens (tertiary/aromatic N) is 1. The molecule has 0 spiro atoms. The van der Waals surface area contributed by atoms with Crippen LogP contribution in [0.3, 0.4) is 0 Å². The molecule has 0 bridgehead atoms. The van der Waals surface area contributed by atoms with Gasteiger partial charge in [-0.05, 0) is 41.5 Å². The number of hydrogen-bond acceptors (Lipinski definition) is 5. The lowest BCUT2D eigenvalue weighted by atomic mass is 9.90. The van der Waals surface area contributed by atoms with E-state index in [1.807, 2.05) is 0 Å². The second-order valence-corrected chi connectivity index (χ2v) is 6.93. The molecule has 1 fully saturated rings. The molecule has 2 amide bonds. The van der Waals surface area contributed by atoms with E-state index in [0.717, 1.165) is 4.90 Å². The average molecular weight is 285 g/mol. The van der Waals surface area contributed by atoms with Crippen molar-refractivity contribution in [1.82, 2.24) is 4.90 Å². The molecular weight excluding hydrogens is 262 g/mol. The van der Waals surface area contributed by atoms with Gasteiger partial charge in [-0.1, -0.05) is 0 Å². The third-order valence-electron chi connectivity index (χ3n) is 2.47. The lowest BCUT2D eigenvalue weighted by Gasteiger charge is -2.36. The van der Waals surface area contributed by atoms with E-state index in [2.05, 4.69) is 0 Å². The lowest BCUT2D eigenvalue weighted by molar-refractivity contribution is -0.127. The average Bonchev–Trinajstić information content (AvgIpc) is 2.08. The van der Waals surface area contributed by atoms with Crippen LogP contribution in [0.5, 0.6) is 0 Å². The Morgan fingerprint density at radius 2 is 1.30 bits per heavy atom. The second-order valence-electron chi connectivity index (χ2n) is 6.93. The maximum absolute atomic E-state index is 12.1. The number of amides is 2. The topological polar surface area (TPSA) is 72.9 Å². The fraction of sp³-hybridized carbons (Fsp3) is 0.786. The van der Waals surface area contributed by atoms with Crippen molar-refractivity contribution >= 4 is 18.0 Å². The van der Waals surface area contributed by atoms with E-state index in [0.29, 0.717) is 0 Å². The van der Waals surface area contributed by atoms with Gasteiger partial charge >= 0.3 is 12.2 Å². The van der Waals surface area contributed by atoms with Gasteiger partial charge in [-0.3, -0.25) is 4.79 Å². The second kappa shape index (κ2) is 5.42. The minimum absolute atomic E-state index is 0.0205. The Bertz CT molecular complexity index is 380. The van der Waals surface area contributed by atoms with E-state index in [4.69, 9.17) is 9.47 Å². The van der Waals surface area contributed by atoms with Crippen LogP contribution in [0.25, 0.3) is 0 Å². The highest BCUT2D eigenvalue weighted by Crippen LogP contribution is 2.25. The summed E-state index contributed by atoms with van der Waals surface area (Å²) in [5.41, 5.74) is -1.43. The summed E-state index contributed by atoms with van der Waals surface area (Å²) in [6, 6.07) is -0.466. The maximum Gasteiger partial charge on any atom is 0.420 e. The van der Waals surface area contributed by atoms with Crippen LogP contribution in [0.1, 0.15) is 54.4 Å². The molecule has 0 aromatic carbocycles. The zero-order valence-corrected chi connectivity index (χ0v) is 13.0. The van der Waals surface area contributed by atoms with Gasteiger partial charge in [0.25, 0.3) is 0 Å². The monoisotopic (exact) mass is 285 g/mol. The molecule has 0 saturated heterocycles. The van der Waals surface area contributed by atoms with Crippen molar-refractivity contribution in [3.05, 3.63) is 0 Å². The van der Waals surface area contributed by atoms with Crippen molar-refractivity contribution in [2.24, 2.45) is 0 Å². The molecule has 0 heterocycles. The molecule has 1 saturated carbocycles. The van der Waals surface area contributed by atoms with Crippen LogP contribution in [0.15, 0.2) is 0 Å². The fourth-order valence-electron chi connectivity index (χ4n) is 1.64. The van der Waals surface area contributed by atoms with E-state index in [-0.39, 0.29) is 18.6 Å². The lowest BCUT2D eigenvalue weighted by Crippen LogP contribution is -2.53. The summed E-state index contributed by atoms with van der Waals surface area (Å²) in [7, 11) is 0. The quantitative estimate of drug-likeness (QED) is 0.740. The van der Waals surface area contributed by atoms with E-state index >= 15 is 0 Å². The van der Waals surface area contributed by atoms with Gasteiger partial charge in [0, 0.05) is 12.8 Å². The highest BCUT2D eigenvalue weighted by atomic mass is 16.6. The Balaban J connectivity index is 2.83. The third-order valence-corrected chi connectivity index (χ3v) is 2.47. The van der Waals surface area contributed by atoms with Crippen LogP contribution in [0.4, 0.5) is 9.59 Å². The predicted molar refractivity (Wildman–Crippen MR) is 72.3 cm³/mol. The Morgan fingerprint density at radius 3 is 1.55 bits per heavy atom. The van der Waals surface area contributed by atoms with Gasteiger partial charge in [0.15, 0.2) is 0 Å². The van der Waals surface area contributed by atoms with Crippen LogP contribution >= 0.6 is 0 Å². The number of Topliss-reactive ketones (excluding diaryl/α,β-unsaturated/α-hetero) is 1. The zero-order chi connectivity index (χ0) is 15.7. The molecule has 0 unspecified atom stereocenters. The zero-order valence-electron chi connectivity index (χ0n) is 13.0. The molecule has 0 aromatic rings. The van der Waals surface area contributed by atoms with E-state index < -0.39 is 29.4 Å². The first-order valence-electron chi connectivity index (χ1n) is 6.66. The molecule has 114 valence electrons. The van der Waals surface area contributed by atoms with Crippen LogP contribution in [0.2, 0.25) is 0 Å². The Kier molecular flexibility index (Phi) is 4.46. The summed E-state index contributed by atoms with van der Waals surface area (Å²) in [4.78, 5) is 36.3. The number of carbonyl (C=O) groups is 3. The summed E-state index contributed by atoms with van der Waals surface area (Å²) < 4.78 is 10.4. The summed E-state index contributed by atoms with van der Waals surface area (Å²) in [6.45, 7) is 10.3. The van der Waals surface area contributed by atoms with Crippen molar-refractivity contribution in [2.75, 3.05) is 0 Å². The van der Waals surface area contributed by atoms with Crippen LogP contribution in [0, 0.1) is 0 Å². The molecule has 0 radical (unpaired) electrons. The minimum atomic E-state index is -0.774. The summed E-state index contributed by atoms with van der Waals surface area (Å²) in [6.07, 6.45) is -1.22. The summed E-state index contributed by atoms with van der Waals surface area (Å²) in [5, 5.41) is 0. The molecule has 0 aromatic heterocycles. The number of rotatable bonds is 1. The highest BCUT2D eigenvalue weighted by Gasteiger charge is 2.42. The molecule has 1 rings (SSSR count). The van der Waals surface area contributed by atoms with Gasteiger partial charge in [-0.15, -0.1) is 0 Å². The normalized spacial score (nSPS) is 16.4. The molecule has 1 aliphatic rings. The molecule has 0 aliphatic heterocycles. The van der Waals surface area contributed by atoms with Crippen molar-refractivity contribution in [3.8, 4) is 0 Å². The summed E-state index contributed by atoms with van der Waals surface area (Å²) >= 11 is 0. The van der Waals surface area contributed by atoms with Crippen molar-refractivity contribution in [3.63, 3.8) is 0 Å². The molecule has 0 N–H and O–H groups in total. The third kappa shape index (κ3) is 4.83. The first kappa shape index (κ1) is 16.5. The molecule has 6 nitrogen and oxygen atoms in total. The van der Waals surface area contributed by atoms with Gasteiger partial charge in [0.2, 0.25) is 0 Å². The molecule has 0 atom stereocenters.